The third-order valence-electron chi connectivity index (χ3n) is 4.19. The molecule has 0 saturated heterocycles. The highest BCUT2D eigenvalue weighted by atomic mass is 19.3. The van der Waals surface area contributed by atoms with Gasteiger partial charge >= 0.3 is 0 Å². The minimum atomic E-state index is -2.52. The maximum atomic E-state index is 12.7. The van der Waals surface area contributed by atoms with Gasteiger partial charge in [-0.3, -0.25) is 9.59 Å². The highest BCUT2D eigenvalue weighted by Gasteiger charge is 2.35. The van der Waals surface area contributed by atoms with Gasteiger partial charge in [0, 0.05) is 30.8 Å². The van der Waals surface area contributed by atoms with Gasteiger partial charge in [0.05, 0.1) is 6.54 Å². The number of carbonyl (C=O) groups excluding carboxylic acids is 2. The summed E-state index contributed by atoms with van der Waals surface area (Å²) in [6, 6.07) is 5.05. The van der Waals surface area contributed by atoms with Crippen molar-refractivity contribution in [3.8, 4) is 0 Å². The molecule has 2 amide bonds. The molecule has 0 bridgehead atoms. The highest BCUT2D eigenvalue weighted by Crippen LogP contribution is 2.32. The number of carbonyl (C=O) groups is 2. The molecule has 0 aromatic heterocycles. The summed E-state index contributed by atoms with van der Waals surface area (Å²) in [4.78, 5) is 27.0. The largest absolute Gasteiger partial charge is 0.330 e. The number of amides is 2. The van der Waals surface area contributed by atoms with Crippen molar-refractivity contribution in [1.29, 1.82) is 0 Å². The second-order valence-electron chi connectivity index (χ2n) is 5.84. The molecule has 1 fully saturated rings. The predicted molar refractivity (Wildman–Crippen MR) is 78.2 cm³/mol. The van der Waals surface area contributed by atoms with Crippen LogP contribution >= 0.6 is 0 Å². The average Bonchev–Trinajstić information content (AvgIpc) is 3.21. The Morgan fingerprint density at radius 2 is 2.09 bits per heavy atom. The van der Waals surface area contributed by atoms with Crippen molar-refractivity contribution >= 4 is 17.5 Å². The second-order valence-corrected chi connectivity index (χ2v) is 5.84. The van der Waals surface area contributed by atoms with Gasteiger partial charge < -0.3 is 9.80 Å². The third-order valence-corrected chi connectivity index (χ3v) is 4.19. The van der Waals surface area contributed by atoms with Gasteiger partial charge in [-0.25, -0.2) is 8.78 Å². The van der Waals surface area contributed by atoms with Crippen LogP contribution in [-0.4, -0.2) is 42.3 Å². The number of hydrogen-bond donors (Lipinski definition) is 0. The van der Waals surface area contributed by atoms with Gasteiger partial charge in [0.2, 0.25) is 5.91 Å². The highest BCUT2D eigenvalue weighted by molar-refractivity contribution is 5.98. The molecule has 1 aliphatic carbocycles. The van der Waals surface area contributed by atoms with E-state index in [-0.39, 0.29) is 17.9 Å². The molecule has 3 rings (SSSR count). The molecular formula is C16H18F2N2O2. The van der Waals surface area contributed by atoms with Crippen molar-refractivity contribution in [1.82, 2.24) is 4.90 Å². The normalized spacial score (nSPS) is 16.8. The number of alkyl halides is 2. The maximum absolute atomic E-state index is 12.7. The minimum absolute atomic E-state index is 0.0323. The van der Waals surface area contributed by atoms with Crippen molar-refractivity contribution < 1.29 is 18.4 Å². The Balaban J connectivity index is 1.83. The van der Waals surface area contributed by atoms with Gasteiger partial charge in [-0.15, -0.1) is 0 Å². The van der Waals surface area contributed by atoms with Crippen LogP contribution in [0.1, 0.15) is 35.7 Å². The second kappa shape index (κ2) is 5.66. The van der Waals surface area contributed by atoms with Crippen molar-refractivity contribution in [3.05, 3.63) is 29.3 Å². The first-order valence-corrected chi connectivity index (χ1v) is 7.47. The zero-order valence-electron chi connectivity index (χ0n) is 12.4. The molecule has 1 saturated carbocycles. The molecule has 6 heteroatoms. The van der Waals surface area contributed by atoms with E-state index in [0.717, 1.165) is 24.1 Å². The van der Waals surface area contributed by atoms with E-state index in [2.05, 4.69) is 0 Å². The quantitative estimate of drug-likeness (QED) is 0.857. The molecule has 1 heterocycles. The summed E-state index contributed by atoms with van der Waals surface area (Å²) in [5, 5.41) is 0. The van der Waals surface area contributed by atoms with Gasteiger partial charge in [-0.2, -0.15) is 0 Å². The van der Waals surface area contributed by atoms with Gasteiger partial charge in [0.15, 0.2) is 0 Å². The van der Waals surface area contributed by atoms with E-state index in [0.29, 0.717) is 18.5 Å². The van der Waals surface area contributed by atoms with Gasteiger partial charge in [-0.05, 0) is 43.0 Å². The average molecular weight is 308 g/mol. The Morgan fingerprint density at radius 3 is 2.68 bits per heavy atom. The number of benzene rings is 1. The number of hydrogen-bond acceptors (Lipinski definition) is 2. The fourth-order valence-corrected chi connectivity index (χ4v) is 2.96. The zero-order chi connectivity index (χ0) is 15.9. The molecule has 0 N–H and O–H groups in total. The Kier molecular flexibility index (Phi) is 3.85. The van der Waals surface area contributed by atoms with Crippen LogP contribution in [0.5, 0.6) is 0 Å². The number of halogens is 2. The van der Waals surface area contributed by atoms with E-state index < -0.39 is 13.0 Å². The van der Waals surface area contributed by atoms with Crippen molar-refractivity contribution in [2.45, 2.75) is 38.7 Å². The summed E-state index contributed by atoms with van der Waals surface area (Å²) in [6.45, 7) is 1.59. The van der Waals surface area contributed by atoms with Crippen LogP contribution in [0.2, 0.25) is 0 Å². The SMILES string of the molecule is CC(=O)N1CCc2cc(C(=O)N(CC(F)F)C3CC3)ccc21. The molecule has 0 unspecified atom stereocenters. The summed E-state index contributed by atoms with van der Waals surface area (Å²) in [6.07, 6.45) is -0.246. The van der Waals surface area contributed by atoms with Crippen molar-refractivity contribution in [2.24, 2.45) is 0 Å². The Morgan fingerprint density at radius 1 is 1.36 bits per heavy atom. The monoisotopic (exact) mass is 308 g/mol. The first-order valence-electron chi connectivity index (χ1n) is 7.47. The number of fused-ring (bicyclic) bond motifs is 1. The molecule has 1 aromatic rings. The molecule has 118 valence electrons. The molecule has 1 aliphatic heterocycles. The lowest BCUT2D eigenvalue weighted by Gasteiger charge is -2.22. The summed E-state index contributed by atoms with van der Waals surface area (Å²) in [7, 11) is 0. The lowest BCUT2D eigenvalue weighted by molar-refractivity contribution is -0.116. The van der Waals surface area contributed by atoms with Crippen LogP contribution in [0, 0.1) is 0 Å². The molecule has 22 heavy (non-hydrogen) atoms. The molecule has 0 atom stereocenters. The predicted octanol–water partition coefficient (Wildman–Crippen LogP) is 2.47. The van der Waals surface area contributed by atoms with E-state index in [1.807, 2.05) is 0 Å². The topological polar surface area (TPSA) is 40.6 Å². The van der Waals surface area contributed by atoms with Crippen LogP contribution in [0.15, 0.2) is 18.2 Å². The molecule has 1 aromatic carbocycles. The lowest BCUT2D eigenvalue weighted by Crippen LogP contribution is -2.37. The van der Waals surface area contributed by atoms with E-state index in [1.165, 1.54) is 11.8 Å². The van der Waals surface area contributed by atoms with E-state index >= 15 is 0 Å². The van der Waals surface area contributed by atoms with Crippen LogP contribution in [0.3, 0.4) is 0 Å². The van der Waals surface area contributed by atoms with Gasteiger partial charge in [0.25, 0.3) is 12.3 Å². The summed E-state index contributed by atoms with van der Waals surface area (Å²) < 4.78 is 25.3. The van der Waals surface area contributed by atoms with Crippen LogP contribution in [0.4, 0.5) is 14.5 Å². The Hall–Kier alpha value is -1.98. The van der Waals surface area contributed by atoms with Crippen LogP contribution < -0.4 is 4.90 Å². The molecule has 0 spiro atoms. The number of rotatable bonds is 4. The molecule has 4 nitrogen and oxygen atoms in total. The fourth-order valence-electron chi connectivity index (χ4n) is 2.96. The minimum Gasteiger partial charge on any atom is -0.330 e. The van der Waals surface area contributed by atoms with Crippen LogP contribution in [-0.2, 0) is 11.2 Å². The standard InChI is InChI=1S/C16H18F2N2O2/c1-10(21)19-7-6-11-8-12(2-5-14(11)19)16(22)20(9-15(17)18)13-3-4-13/h2,5,8,13,15H,3-4,6-7,9H2,1H3. The fraction of sp³-hybridized carbons (Fsp3) is 0.500. The van der Waals surface area contributed by atoms with E-state index in [9.17, 15) is 18.4 Å². The van der Waals surface area contributed by atoms with E-state index in [1.54, 1.807) is 23.1 Å². The Bertz CT molecular complexity index is 614. The zero-order valence-corrected chi connectivity index (χ0v) is 12.4. The molecule has 2 aliphatic rings. The number of anilines is 1. The molecular weight excluding hydrogens is 290 g/mol. The third kappa shape index (κ3) is 2.82. The smallest absolute Gasteiger partial charge is 0.255 e. The van der Waals surface area contributed by atoms with Gasteiger partial charge in [0.1, 0.15) is 0 Å². The number of nitrogens with zero attached hydrogens (tertiary/aromatic N) is 2. The summed E-state index contributed by atoms with van der Waals surface area (Å²) >= 11 is 0. The first-order chi connectivity index (χ1) is 10.5. The summed E-state index contributed by atoms with van der Waals surface area (Å²) in [5.41, 5.74) is 2.17. The van der Waals surface area contributed by atoms with Crippen molar-refractivity contribution in [3.63, 3.8) is 0 Å². The van der Waals surface area contributed by atoms with E-state index in [4.69, 9.17) is 0 Å². The van der Waals surface area contributed by atoms with Crippen LogP contribution in [0.25, 0.3) is 0 Å². The summed E-state index contributed by atoms with van der Waals surface area (Å²) in [5.74, 6) is -0.373. The van der Waals surface area contributed by atoms with Gasteiger partial charge in [-0.1, -0.05) is 0 Å². The maximum Gasteiger partial charge on any atom is 0.255 e. The lowest BCUT2D eigenvalue weighted by atomic mass is 10.1. The first kappa shape index (κ1) is 14.9. The van der Waals surface area contributed by atoms with Crippen molar-refractivity contribution in [2.75, 3.05) is 18.0 Å². The molecule has 0 radical (unpaired) electrons. The Labute approximate surface area is 127 Å².